The summed E-state index contributed by atoms with van der Waals surface area (Å²) in [7, 11) is 0. The Morgan fingerprint density at radius 2 is 1.89 bits per heavy atom. The third kappa shape index (κ3) is 2.74. The van der Waals surface area contributed by atoms with E-state index in [1.54, 1.807) is 6.07 Å². The van der Waals surface area contributed by atoms with Gasteiger partial charge in [-0.15, -0.1) is 0 Å². The summed E-state index contributed by atoms with van der Waals surface area (Å²) in [6.45, 7) is 4.81. The molecule has 2 N–H and O–H groups in total. The summed E-state index contributed by atoms with van der Waals surface area (Å²) in [5.74, 6) is 0. The van der Waals surface area contributed by atoms with Crippen LogP contribution in [0.25, 0.3) is 11.3 Å². The maximum atomic E-state index is 11.9. The molecular formula is C15H19N3O. The van der Waals surface area contributed by atoms with Crippen molar-refractivity contribution in [1.82, 2.24) is 9.78 Å². The number of aryl methyl sites for hydroxylation is 2. The van der Waals surface area contributed by atoms with Crippen molar-refractivity contribution < 1.29 is 0 Å². The average Bonchev–Trinajstić information content (AvgIpc) is 2.47. The normalized spacial score (nSPS) is 10.7. The summed E-state index contributed by atoms with van der Waals surface area (Å²) in [5.41, 5.74) is 9.22. The van der Waals surface area contributed by atoms with Crippen LogP contribution in [0.4, 0.5) is 0 Å². The lowest BCUT2D eigenvalue weighted by Crippen LogP contribution is -2.27. The van der Waals surface area contributed by atoms with Gasteiger partial charge in [-0.05, 0) is 25.0 Å². The second kappa shape index (κ2) is 5.80. The van der Waals surface area contributed by atoms with Crippen molar-refractivity contribution in [3.8, 4) is 11.3 Å². The third-order valence-corrected chi connectivity index (χ3v) is 3.23. The molecule has 0 aliphatic heterocycles. The lowest BCUT2D eigenvalue weighted by Gasteiger charge is -2.08. The van der Waals surface area contributed by atoms with Crippen molar-refractivity contribution in [3.63, 3.8) is 0 Å². The zero-order valence-electron chi connectivity index (χ0n) is 11.4. The number of hydrogen-bond acceptors (Lipinski definition) is 3. The predicted octanol–water partition coefficient (Wildman–Crippen LogP) is 1.95. The molecule has 0 aliphatic rings. The second-order valence-corrected chi connectivity index (χ2v) is 4.43. The molecule has 0 aliphatic carbocycles. The Balaban J connectivity index is 2.51. The van der Waals surface area contributed by atoms with Crippen molar-refractivity contribution in [1.29, 1.82) is 0 Å². The van der Waals surface area contributed by atoms with E-state index in [-0.39, 0.29) is 12.1 Å². The molecule has 0 unspecified atom stereocenters. The van der Waals surface area contributed by atoms with Gasteiger partial charge in [0.25, 0.3) is 5.56 Å². The van der Waals surface area contributed by atoms with Gasteiger partial charge in [-0.25, -0.2) is 4.68 Å². The highest BCUT2D eigenvalue weighted by molar-refractivity contribution is 5.59. The smallest absolute Gasteiger partial charge is 0.271 e. The minimum atomic E-state index is -0.0982. The van der Waals surface area contributed by atoms with Gasteiger partial charge in [0.2, 0.25) is 0 Å². The Kier molecular flexibility index (Phi) is 4.12. The fourth-order valence-corrected chi connectivity index (χ4v) is 2.01. The van der Waals surface area contributed by atoms with Crippen LogP contribution in [0.1, 0.15) is 25.0 Å². The first-order chi connectivity index (χ1) is 9.19. The Hall–Kier alpha value is -1.94. The molecule has 2 rings (SSSR count). The third-order valence-electron chi connectivity index (χ3n) is 3.23. The van der Waals surface area contributed by atoms with Crippen LogP contribution in [-0.2, 0) is 19.5 Å². The predicted molar refractivity (Wildman–Crippen MR) is 76.9 cm³/mol. The first-order valence-corrected chi connectivity index (χ1v) is 6.60. The highest BCUT2D eigenvalue weighted by Gasteiger charge is 2.07. The molecule has 0 saturated heterocycles. The van der Waals surface area contributed by atoms with Crippen molar-refractivity contribution in [2.45, 2.75) is 33.4 Å². The Bertz CT molecular complexity index is 586. The van der Waals surface area contributed by atoms with E-state index < -0.39 is 0 Å². The van der Waals surface area contributed by atoms with Crippen LogP contribution in [0.2, 0.25) is 0 Å². The number of hydrogen-bond donors (Lipinski definition) is 1. The summed E-state index contributed by atoms with van der Waals surface area (Å²) >= 11 is 0. The summed E-state index contributed by atoms with van der Waals surface area (Å²) in [4.78, 5) is 11.9. The maximum absolute atomic E-state index is 11.9. The van der Waals surface area contributed by atoms with E-state index in [0.29, 0.717) is 12.1 Å². The van der Waals surface area contributed by atoms with E-state index in [0.717, 1.165) is 17.7 Å². The molecule has 2 aromatic rings. The molecule has 4 heteroatoms. The average molecular weight is 257 g/mol. The number of aromatic nitrogens is 2. The standard InChI is InChI=1S/C15H19N3O/c1-3-11-5-7-12(8-6-11)14-9-13(10-16)15(19)18(4-2)17-14/h5-9H,3-4,10,16H2,1-2H3. The molecule has 100 valence electrons. The number of benzene rings is 1. The van der Waals surface area contributed by atoms with Crippen LogP contribution in [0.3, 0.4) is 0 Å². The number of rotatable bonds is 4. The molecule has 0 spiro atoms. The zero-order valence-corrected chi connectivity index (χ0v) is 11.4. The van der Waals surface area contributed by atoms with Gasteiger partial charge in [-0.1, -0.05) is 31.2 Å². The fourth-order valence-electron chi connectivity index (χ4n) is 2.01. The Labute approximate surface area is 112 Å². The molecule has 0 radical (unpaired) electrons. The van der Waals surface area contributed by atoms with Crippen LogP contribution in [0, 0.1) is 0 Å². The molecule has 0 bridgehead atoms. The van der Waals surface area contributed by atoms with E-state index in [1.807, 2.05) is 19.1 Å². The summed E-state index contributed by atoms with van der Waals surface area (Å²) in [6.07, 6.45) is 1.01. The van der Waals surface area contributed by atoms with Crippen LogP contribution >= 0.6 is 0 Å². The number of nitrogens with two attached hydrogens (primary N) is 1. The van der Waals surface area contributed by atoms with Crippen molar-refractivity contribution in [3.05, 3.63) is 51.8 Å². The first kappa shape index (κ1) is 13.5. The summed E-state index contributed by atoms with van der Waals surface area (Å²) in [6, 6.07) is 10.0. The zero-order chi connectivity index (χ0) is 13.8. The topological polar surface area (TPSA) is 60.9 Å². The maximum Gasteiger partial charge on any atom is 0.271 e. The molecule has 0 fully saturated rings. The molecular weight excluding hydrogens is 238 g/mol. The summed E-state index contributed by atoms with van der Waals surface area (Å²) in [5, 5.41) is 4.37. The minimum Gasteiger partial charge on any atom is -0.326 e. The van der Waals surface area contributed by atoms with Crippen LogP contribution in [-0.4, -0.2) is 9.78 Å². The van der Waals surface area contributed by atoms with Gasteiger partial charge in [-0.3, -0.25) is 4.79 Å². The van der Waals surface area contributed by atoms with E-state index in [9.17, 15) is 4.79 Å². The van der Waals surface area contributed by atoms with Gasteiger partial charge in [0.05, 0.1) is 5.69 Å². The van der Waals surface area contributed by atoms with Crippen molar-refractivity contribution >= 4 is 0 Å². The van der Waals surface area contributed by atoms with E-state index in [4.69, 9.17) is 5.73 Å². The largest absolute Gasteiger partial charge is 0.326 e. The Morgan fingerprint density at radius 1 is 1.21 bits per heavy atom. The van der Waals surface area contributed by atoms with Gasteiger partial charge in [-0.2, -0.15) is 5.10 Å². The molecule has 0 saturated carbocycles. The van der Waals surface area contributed by atoms with Gasteiger partial charge >= 0.3 is 0 Å². The molecule has 1 heterocycles. The monoisotopic (exact) mass is 257 g/mol. The van der Waals surface area contributed by atoms with Gasteiger partial charge in [0.15, 0.2) is 0 Å². The van der Waals surface area contributed by atoms with Crippen LogP contribution in [0.15, 0.2) is 35.1 Å². The molecule has 19 heavy (non-hydrogen) atoms. The fraction of sp³-hybridized carbons (Fsp3) is 0.333. The van der Waals surface area contributed by atoms with Crippen molar-refractivity contribution in [2.75, 3.05) is 0 Å². The van der Waals surface area contributed by atoms with Gasteiger partial charge in [0, 0.05) is 24.2 Å². The molecule has 0 atom stereocenters. The lowest BCUT2D eigenvalue weighted by atomic mass is 10.1. The molecule has 4 nitrogen and oxygen atoms in total. The Morgan fingerprint density at radius 3 is 2.42 bits per heavy atom. The molecule has 0 amide bonds. The van der Waals surface area contributed by atoms with Crippen LogP contribution in [0.5, 0.6) is 0 Å². The highest BCUT2D eigenvalue weighted by atomic mass is 16.1. The van der Waals surface area contributed by atoms with Gasteiger partial charge < -0.3 is 5.73 Å². The highest BCUT2D eigenvalue weighted by Crippen LogP contribution is 2.17. The summed E-state index contributed by atoms with van der Waals surface area (Å²) < 4.78 is 1.46. The quantitative estimate of drug-likeness (QED) is 0.910. The van der Waals surface area contributed by atoms with E-state index in [2.05, 4.69) is 24.2 Å². The lowest BCUT2D eigenvalue weighted by molar-refractivity contribution is 0.610. The minimum absolute atomic E-state index is 0.0982. The van der Waals surface area contributed by atoms with E-state index >= 15 is 0 Å². The molecule has 1 aromatic heterocycles. The van der Waals surface area contributed by atoms with Crippen molar-refractivity contribution in [2.24, 2.45) is 5.73 Å². The van der Waals surface area contributed by atoms with E-state index in [1.165, 1.54) is 10.2 Å². The second-order valence-electron chi connectivity index (χ2n) is 4.43. The van der Waals surface area contributed by atoms with Gasteiger partial charge in [0.1, 0.15) is 0 Å². The first-order valence-electron chi connectivity index (χ1n) is 6.60. The SMILES string of the molecule is CCc1ccc(-c2cc(CN)c(=O)n(CC)n2)cc1. The molecule has 1 aromatic carbocycles. The van der Waals surface area contributed by atoms with Crippen LogP contribution < -0.4 is 11.3 Å². The number of nitrogens with zero attached hydrogens (tertiary/aromatic N) is 2.